The second kappa shape index (κ2) is 4.25. The van der Waals surface area contributed by atoms with E-state index in [9.17, 15) is 14.6 Å². The van der Waals surface area contributed by atoms with Gasteiger partial charge in [-0.3, -0.25) is 4.90 Å². The molecule has 0 radical (unpaired) electrons. The molecule has 0 bridgehead atoms. The number of hydrogen-bond donors (Lipinski definition) is 3. The average Bonchev–Trinajstić information content (AvgIpc) is 2.65. The van der Waals surface area contributed by atoms with E-state index < -0.39 is 17.7 Å². The molecule has 4 nitrogen and oxygen atoms in total. The zero-order valence-electron chi connectivity index (χ0n) is 9.73. The van der Waals surface area contributed by atoms with Gasteiger partial charge in [-0.2, -0.15) is 0 Å². The molecule has 5 heteroatoms. The Morgan fingerprint density at radius 3 is 2.88 bits per heavy atom. The largest absolute Gasteiger partial charge is 0.508 e. The smallest absolute Gasteiger partial charge is 0.123 e. The van der Waals surface area contributed by atoms with Gasteiger partial charge >= 0.3 is 0 Å². The van der Waals surface area contributed by atoms with Gasteiger partial charge in [0.2, 0.25) is 0 Å². The highest BCUT2D eigenvalue weighted by molar-refractivity contribution is 5.38. The number of phenols is 1. The molecule has 0 spiro atoms. The van der Waals surface area contributed by atoms with Crippen molar-refractivity contribution in [2.24, 2.45) is 5.73 Å². The fourth-order valence-electron chi connectivity index (χ4n) is 2.53. The van der Waals surface area contributed by atoms with E-state index in [1.807, 2.05) is 0 Å². The second-order valence-corrected chi connectivity index (χ2v) is 4.51. The van der Waals surface area contributed by atoms with Crippen LogP contribution in [0.4, 0.5) is 4.39 Å². The Morgan fingerprint density at radius 1 is 1.53 bits per heavy atom. The Hall–Kier alpha value is -1.17. The third-order valence-corrected chi connectivity index (χ3v) is 3.35. The molecular weight excluding hydrogens is 223 g/mol. The Balaban J connectivity index is 2.46. The highest BCUT2D eigenvalue weighted by Gasteiger charge is 2.42. The van der Waals surface area contributed by atoms with Crippen molar-refractivity contribution in [1.82, 2.24) is 4.90 Å². The first-order valence-corrected chi connectivity index (χ1v) is 5.68. The number of aliphatic hydroxyl groups excluding tert-OH is 1. The standard InChI is InChI=1S/C12H17FN2O2/c1-8(16)15-6-2-5-12(15,14)10-7-9(13)3-4-11(10)17/h3-4,7-8,16-17H,2,5-6,14H2,1H3/t8?,12-/m0/s1. The highest BCUT2D eigenvalue weighted by atomic mass is 19.1. The summed E-state index contributed by atoms with van der Waals surface area (Å²) in [7, 11) is 0. The number of phenolic OH excluding ortho intramolecular Hbond substituents is 1. The van der Waals surface area contributed by atoms with Gasteiger partial charge in [0, 0.05) is 12.1 Å². The monoisotopic (exact) mass is 240 g/mol. The first-order valence-electron chi connectivity index (χ1n) is 5.68. The molecule has 1 aromatic carbocycles. The van der Waals surface area contributed by atoms with Crippen LogP contribution in [0.25, 0.3) is 0 Å². The van der Waals surface area contributed by atoms with Gasteiger partial charge in [0.15, 0.2) is 0 Å². The van der Waals surface area contributed by atoms with Crippen LogP contribution in [-0.4, -0.2) is 27.9 Å². The third-order valence-electron chi connectivity index (χ3n) is 3.35. The van der Waals surface area contributed by atoms with Gasteiger partial charge in [-0.1, -0.05) is 0 Å². The Kier molecular flexibility index (Phi) is 3.07. The van der Waals surface area contributed by atoms with Gasteiger partial charge in [-0.25, -0.2) is 4.39 Å². The van der Waals surface area contributed by atoms with Crippen LogP contribution < -0.4 is 5.73 Å². The Labute approximate surface area is 99.5 Å². The topological polar surface area (TPSA) is 69.7 Å². The molecule has 0 saturated carbocycles. The van der Waals surface area contributed by atoms with Crippen molar-refractivity contribution in [3.8, 4) is 5.75 Å². The summed E-state index contributed by atoms with van der Waals surface area (Å²) >= 11 is 0. The molecule has 1 heterocycles. The van der Waals surface area contributed by atoms with Crippen LogP contribution in [0.5, 0.6) is 5.75 Å². The molecule has 94 valence electrons. The summed E-state index contributed by atoms with van der Waals surface area (Å²) in [4.78, 5) is 1.67. The fourth-order valence-corrected chi connectivity index (χ4v) is 2.53. The maximum absolute atomic E-state index is 13.3. The van der Waals surface area contributed by atoms with Crippen LogP contribution in [0, 0.1) is 5.82 Å². The van der Waals surface area contributed by atoms with E-state index >= 15 is 0 Å². The minimum Gasteiger partial charge on any atom is -0.508 e. The average molecular weight is 240 g/mol. The number of likely N-dealkylation sites (tertiary alicyclic amines) is 1. The van der Waals surface area contributed by atoms with Gasteiger partial charge in [-0.05, 0) is 38.0 Å². The second-order valence-electron chi connectivity index (χ2n) is 4.51. The van der Waals surface area contributed by atoms with Gasteiger partial charge in [-0.15, -0.1) is 0 Å². The SMILES string of the molecule is CC(O)N1CCC[C@@]1(N)c1cc(F)ccc1O. The lowest BCUT2D eigenvalue weighted by atomic mass is 9.96. The molecule has 1 fully saturated rings. The van der Waals surface area contributed by atoms with Crippen molar-refractivity contribution < 1.29 is 14.6 Å². The first-order chi connectivity index (χ1) is 7.95. The lowest BCUT2D eigenvalue weighted by Crippen LogP contribution is -2.52. The van der Waals surface area contributed by atoms with Crippen LogP contribution in [0.15, 0.2) is 18.2 Å². The molecular formula is C12H17FN2O2. The molecule has 2 rings (SSSR count). The number of hydrogen-bond acceptors (Lipinski definition) is 4. The fraction of sp³-hybridized carbons (Fsp3) is 0.500. The molecule has 1 aromatic rings. The number of aromatic hydroxyl groups is 1. The molecule has 17 heavy (non-hydrogen) atoms. The van der Waals surface area contributed by atoms with Crippen molar-refractivity contribution in [2.75, 3.05) is 6.54 Å². The number of nitrogens with zero attached hydrogens (tertiary/aromatic N) is 1. The molecule has 0 amide bonds. The normalized spacial score (nSPS) is 27.3. The maximum Gasteiger partial charge on any atom is 0.123 e. The predicted molar refractivity (Wildman–Crippen MR) is 61.6 cm³/mol. The minimum absolute atomic E-state index is 0.0403. The summed E-state index contributed by atoms with van der Waals surface area (Å²) in [6.07, 6.45) is 0.650. The number of nitrogens with two attached hydrogens (primary N) is 1. The van der Waals surface area contributed by atoms with Crippen LogP contribution in [0.2, 0.25) is 0 Å². The van der Waals surface area contributed by atoms with Crippen LogP contribution in [0.3, 0.4) is 0 Å². The molecule has 4 N–H and O–H groups in total. The van der Waals surface area contributed by atoms with Crippen LogP contribution in [0.1, 0.15) is 25.3 Å². The van der Waals surface area contributed by atoms with Crippen molar-refractivity contribution in [2.45, 2.75) is 31.7 Å². The summed E-state index contributed by atoms with van der Waals surface area (Å²) < 4.78 is 13.3. The lowest BCUT2D eigenvalue weighted by Gasteiger charge is -2.37. The van der Waals surface area contributed by atoms with Gasteiger partial charge in [0.05, 0.1) is 0 Å². The van der Waals surface area contributed by atoms with E-state index in [-0.39, 0.29) is 5.75 Å². The highest BCUT2D eigenvalue weighted by Crippen LogP contribution is 2.39. The summed E-state index contributed by atoms with van der Waals surface area (Å²) in [5.41, 5.74) is 5.56. The molecule has 1 aliphatic heterocycles. The number of aliphatic hydroxyl groups is 1. The number of rotatable bonds is 2. The molecule has 1 aliphatic rings. The van der Waals surface area contributed by atoms with Crippen molar-refractivity contribution in [3.63, 3.8) is 0 Å². The van der Waals surface area contributed by atoms with Crippen molar-refractivity contribution in [3.05, 3.63) is 29.6 Å². The van der Waals surface area contributed by atoms with Gasteiger partial charge < -0.3 is 15.9 Å². The van der Waals surface area contributed by atoms with Crippen LogP contribution in [-0.2, 0) is 5.66 Å². The van der Waals surface area contributed by atoms with Crippen molar-refractivity contribution >= 4 is 0 Å². The molecule has 0 aliphatic carbocycles. The first kappa shape index (κ1) is 12.3. The molecule has 2 atom stereocenters. The zero-order valence-corrected chi connectivity index (χ0v) is 9.73. The summed E-state index contributed by atoms with van der Waals surface area (Å²) in [5.74, 6) is -0.485. The van der Waals surface area contributed by atoms with E-state index in [2.05, 4.69) is 0 Å². The van der Waals surface area contributed by atoms with E-state index in [0.717, 1.165) is 6.42 Å². The van der Waals surface area contributed by atoms with Gasteiger partial charge in [0.1, 0.15) is 23.5 Å². The quantitative estimate of drug-likeness (QED) is 0.723. The molecule has 1 saturated heterocycles. The maximum atomic E-state index is 13.3. The number of benzene rings is 1. The van der Waals surface area contributed by atoms with E-state index in [1.54, 1.807) is 11.8 Å². The van der Waals surface area contributed by atoms with E-state index in [0.29, 0.717) is 18.5 Å². The van der Waals surface area contributed by atoms with E-state index in [4.69, 9.17) is 5.73 Å². The minimum atomic E-state index is -1.000. The van der Waals surface area contributed by atoms with E-state index in [1.165, 1.54) is 18.2 Å². The Bertz CT molecular complexity index is 425. The summed E-state index contributed by atoms with van der Waals surface area (Å²) in [6, 6.07) is 3.71. The van der Waals surface area contributed by atoms with Gasteiger partial charge in [0.25, 0.3) is 0 Å². The van der Waals surface area contributed by atoms with Crippen LogP contribution >= 0.6 is 0 Å². The molecule has 0 aromatic heterocycles. The summed E-state index contributed by atoms with van der Waals surface area (Å²) in [6.45, 7) is 2.24. The molecule has 1 unspecified atom stereocenters. The Morgan fingerprint density at radius 2 is 2.24 bits per heavy atom. The summed E-state index contributed by atoms with van der Waals surface area (Å²) in [5, 5.41) is 19.5. The predicted octanol–water partition coefficient (Wildman–Crippen LogP) is 1.08. The third kappa shape index (κ3) is 2.01. The number of halogens is 1. The van der Waals surface area contributed by atoms with Crippen molar-refractivity contribution in [1.29, 1.82) is 0 Å². The zero-order chi connectivity index (χ0) is 12.6. The lowest BCUT2D eigenvalue weighted by molar-refractivity contribution is -0.0350.